The maximum atomic E-state index is 13.4. The Kier molecular flexibility index (Phi) is 5.62. The average Bonchev–Trinajstić information content (AvgIpc) is 2.92. The molecule has 1 heterocycles. The van der Waals surface area contributed by atoms with Crippen LogP contribution in [0.15, 0.2) is 33.4 Å². The predicted molar refractivity (Wildman–Crippen MR) is 93.8 cm³/mol. The molecule has 0 aliphatic carbocycles. The number of carbonyl (C=O) groups is 2. The summed E-state index contributed by atoms with van der Waals surface area (Å²) in [6, 6.07) is 4.66. The SMILES string of the molecule is CC(C)(O)C(=O)Nc1sc(S(=O)c2cc(F)ccc2Cl)cc1C(N)=O. The summed E-state index contributed by atoms with van der Waals surface area (Å²) in [5.74, 6) is -2.23. The first-order chi connectivity index (χ1) is 11.5. The summed E-state index contributed by atoms with van der Waals surface area (Å²) in [6.45, 7) is 2.54. The summed E-state index contributed by atoms with van der Waals surface area (Å²) in [5, 5.41) is 12.2. The van der Waals surface area contributed by atoms with Crippen molar-refractivity contribution >= 4 is 50.6 Å². The Hall–Kier alpha value is -1.81. The van der Waals surface area contributed by atoms with Gasteiger partial charge in [0.05, 0.1) is 30.5 Å². The largest absolute Gasteiger partial charge is 0.381 e. The van der Waals surface area contributed by atoms with Gasteiger partial charge in [0.1, 0.15) is 16.4 Å². The number of halogens is 2. The number of aliphatic hydroxyl groups is 1. The number of anilines is 1. The molecule has 0 spiro atoms. The molecule has 0 aliphatic heterocycles. The molecule has 1 unspecified atom stereocenters. The highest BCUT2D eigenvalue weighted by Gasteiger charge is 2.27. The molecule has 1 aromatic carbocycles. The van der Waals surface area contributed by atoms with E-state index in [4.69, 9.17) is 17.3 Å². The third kappa shape index (κ3) is 4.43. The van der Waals surface area contributed by atoms with E-state index in [-0.39, 0.29) is 24.7 Å². The first kappa shape index (κ1) is 19.5. The van der Waals surface area contributed by atoms with Gasteiger partial charge in [0.2, 0.25) is 0 Å². The maximum absolute atomic E-state index is 13.4. The summed E-state index contributed by atoms with van der Waals surface area (Å²) in [6.07, 6.45) is 0. The minimum atomic E-state index is -1.89. The number of hydrogen-bond donors (Lipinski definition) is 3. The van der Waals surface area contributed by atoms with E-state index in [1.54, 1.807) is 0 Å². The number of hydrogen-bond acceptors (Lipinski definition) is 5. The lowest BCUT2D eigenvalue weighted by molar-refractivity contribution is -0.130. The number of nitrogens with two attached hydrogens (primary N) is 1. The van der Waals surface area contributed by atoms with Gasteiger partial charge in [-0.05, 0) is 38.1 Å². The molecule has 0 saturated carbocycles. The Labute approximate surface area is 154 Å². The number of benzene rings is 1. The molecule has 1 aromatic heterocycles. The summed E-state index contributed by atoms with van der Waals surface area (Å²) in [7, 11) is -1.89. The normalized spacial score (nSPS) is 12.7. The Bertz CT molecular complexity index is 877. The molecule has 0 saturated heterocycles. The van der Waals surface area contributed by atoms with Crippen molar-refractivity contribution < 1.29 is 23.3 Å². The fraction of sp³-hybridized carbons (Fsp3) is 0.200. The van der Waals surface area contributed by atoms with Crippen molar-refractivity contribution in [2.45, 2.75) is 28.6 Å². The van der Waals surface area contributed by atoms with Crippen LogP contribution in [0.1, 0.15) is 24.2 Å². The summed E-state index contributed by atoms with van der Waals surface area (Å²) < 4.78 is 26.2. The fourth-order valence-electron chi connectivity index (χ4n) is 1.72. The highest BCUT2D eigenvalue weighted by molar-refractivity contribution is 7.87. The Morgan fingerprint density at radius 3 is 2.56 bits per heavy atom. The second-order valence-corrected chi connectivity index (χ2v) is 8.66. The van der Waals surface area contributed by atoms with Crippen molar-refractivity contribution in [3.8, 4) is 0 Å². The van der Waals surface area contributed by atoms with Gasteiger partial charge in [0, 0.05) is 0 Å². The van der Waals surface area contributed by atoms with Crippen LogP contribution >= 0.6 is 22.9 Å². The topological polar surface area (TPSA) is 109 Å². The monoisotopic (exact) mass is 404 g/mol. The van der Waals surface area contributed by atoms with E-state index in [0.717, 1.165) is 23.5 Å². The molecular formula is C15H14ClFN2O4S2. The molecule has 2 aromatic rings. The van der Waals surface area contributed by atoms with Crippen LogP contribution in [0.3, 0.4) is 0 Å². The molecule has 2 amide bonds. The molecule has 6 nitrogen and oxygen atoms in total. The standard InChI is InChI=1S/C15H14ClFN2O4S2/c1-15(2,22)14(21)19-13-8(12(18)20)6-11(24-13)25(23)10-5-7(17)3-4-9(10)16/h3-6,22H,1-2H3,(H2,18,20)(H,19,21). The second-order valence-electron chi connectivity index (χ2n) is 5.53. The third-order valence-corrected chi connectivity index (χ3v) is 6.24. The molecule has 0 bridgehead atoms. The smallest absolute Gasteiger partial charge is 0.256 e. The Morgan fingerprint density at radius 2 is 2.00 bits per heavy atom. The zero-order valence-corrected chi connectivity index (χ0v) is 15.5. The summed E-state index contributed by atoms with van der Waals surface area (Å²) >= 11 is 6.77. The van der Waals surface area contributed by atoms with E-state index in [0.29, 0.717) is 0 Å². The van der Waals surface area contributed by atoms with Gasteiger partial charge in [-0.2, -0.15) is 0 Å². The molecule has 0 fully saturated rings. The zero-order chi connectivity index (χ0) is 18.9. The predicted octanol–water partition coefficient (Wildman–Crippen LogP) is 2.52. The molecule has 4 N–H and O–H groups in total. The number of rotatable bonds is 5. The first-order valence-corrected chi connectivity index (χ1v) is 9.19. The Balaban J connectivity index is 2.45. The van der Waals surface area contributed by atoms with E-state index < -0.39 is 34.0 Å². The van der Waals surface area contributed by atoms with E-state index in [2.05, 4.69) is 5.32 Å². The number of carbonyl (C=O) groups excluding carboxylic acids is 2. The van der Waals surface area contributed by atoms with Crippen molar-refractivity contribution in [3.05, 3.63) is 40.7 Å². The lowest BCUT2D eigenvalue weighted by Gasteiger charge is -2.16. The highest BCUT2D eigenvalue weighted by atomic mass is 35.5. The van der Waals surface area contributed by atoms with Crippen LogP contribution in [0.4, 0.5) is 9.39 Å². The number of thiophene rings is 1. The minimum absolute atomic E-state index is 0.0271. The zero-order valence-electron chi connectivity index (χ0n) is 13.1. The van der Waals surface area contributed by atoms with Crippen molar-refractivity contribution in [3.63, 3.8) is 0 Å². The van der Waals surface area contributed by atoms with Crippen molar-refractivity contribution in [1.29, 1.82) is 0 Å². The third-order valence-electron chi connectivity index (χ3n) is 3.03. The van der Waals surface area contributed by atoms with Crippen LogP contribution in [0.2, 0.25) is 5.02 Å². The average molecular weight is 405 g/mol. The quantitative estimate of drug-likeness (QED) is 0.711. The molecule has 25 heavy (non-hydrogen) atoms. The van der Waals surface area contributed by atoms with Crippen molar-refractivity contribution in [2.75, 3.05) is 5.32 Å². The van der Waals surface area contributed by atoms with Gasteiger partial charge < -0.3 is 16.2 Å². The summed E-state index contributed by atoms with van der Waals surface area (Å²) in [4.78, 5) is 23.5. The molecule has 2 rings (SSSR count). The van der Waals surface area contributed by atoms with E-state index in [1.807, 2.05) is 0 Å². The van der Waals surface area contributed by atoms with Gasteiger partial charge >= 0.3 is 0 Å². The Morgan fingerprint density at radius 1 is 1.36 bits per heavy atom. The van der Waals surface area contributed by atoms with Crippen LogP contribution < -0.4 is 11.1 Å². The lowest BCUT2D eigenvalue weighted by Crippen LogP contribution is -2.36. The van der Waals surface area contributed by atoms with E-state index in [9.17, 15) is 23.3 Å². The van der Waals surface area contributed by atoms with Gasteiger partial charge in [-0.15, -0.1) is 11.3 Å². The van der Waals surface area contributed by atoms with Gasteiger partial charge in [-0.1, -0.05) is 11.6 Å². The minimum Gasteiger partial charge on any atom is -0.381 e. The van der Waals surface area contributed by atoms with Gasteiger partial charge in [-0.25, -0.2) is 8.60 Å². The molecular weight excluding hydrogens is 391 g/mol. The number of amides is 2. The van der Waals surface area contributed by atoms with Gasteiger partial charge in [0.15, 0.2) is 0 Å². The fourth-order valence-corrected chi connectivity index (χ4v) is 4.57. The maximum Gasteiger partial charge on any atom is 0.256 e. The molecule has 1 atom stereocenters. The van der Waals surface area contributed by atoms with Crippen LogP contribution in [0.25, 0.3) is 0 Å². The van der Waals surface area contributed by atoms with Crippen LogP contribution in [0.5, 0.6) is 0 Å². The van der Waals surface area contributed by atoms with E-state index in [1.165, 1.54) is 26.0 Å². The first-order valence-electron chi connectivity index (χ1n) is 6.85. The van der Waals surface area contributed by atoms with Crippen molar-refractivity contribution in [1.82, 2.24) is 0 Å². The number of primary amides is 1. The van der Waals surface area contributed by atoms with Gasteiger partial charge in [0.25, 0.3) is 11.8 Å². The molecule has 10 heteroatoms. The van der Waals surface area contributed by atoms with Crippen LogP contribution in [-0.2, 0) is 15.6 Å². The van der Waals surface area contributed by atoms with E-state index >= 15 is 0 Å². The second kappa shape index (κ2) is 7.20. The van der Waals surface area contributed by atoms with Crippen LogP contribution in [-0.4, -0.2) is 26.7 Å². The lowest BCUT2D eigenvalue weighted by atomic mass is 10.1. The molecule has 134 valence electrons. The molecule has 0 radical (unpaired) electrons. The molecule has 0 aliphatic rings. The van der Waals surface area contributed by atoms with Crippen LogP contribution in [0, 0.1) is 5.82 Å². The van der Waals surface area contributed by atoms with Crippen molar-refractivity contribution in [2.24, 2.45) is 5.73 Å². The highest BCUT2D eigenvalue weighted by Crippen LogP contribution is 2.35. The number of nitrogens with one attached hydrogen (secondary N) is 1. The van der Waals surface area contributed by atoms with Gasteiger partial charge in [-0.3, -0.25) is 9.59 Å². The summed E-state index contributed by atoms with van der Waals surface area (Å²) in [5.41, 5.74) is 3.51.